The van der Waals surface area contributed by atoms with Gasteiger partial charge in [0, 0.05) is 24.0 Å². The minimum Gasteiger partial charge on any atom is -0.497 e. The summed E-state index contributed by atoms with van der Waals surface area (Å²) >= 11 is 1.16. The van der Waals surface area contributed by atoms with Crippen LogP contribution >= 0.6 is 11.8 Å². The molecule has 0 saturated carbocycles. The number of carbonyl (C=O) groups excluding carboxylic acids is 1. The molecule has 0 saturated heterocycles. The zero-order valence-corrected chi connectivity index (χ0v) is 11.6. The molecule has 1 heterocycles. The van der Waals surface area contributed by atoms with Crippen LogP contribution in [0.25, 0.3) is 0 Å². The van der Waals surface area contributed by atoms with Crippen LogP contribution in [0.2, 0.25) is 0 Å². The number of benzene rings is 1. The van der Waals surface area contributed by atoms with Gasteiger partial charge in [0.25, 0.3) is 5.56 Å². The molecule has 0 aliphatic carbocycles. The van der Waals surface area contributed by atoms with Crippen molar-refractivity contribution >= 4 is 23.4 Å². The number of carbonyl (C=O) groups is 1. The Balaban J connectivity index is 1.90. The van der Waals surface area contributed by atoms with Crippen LogP contribution < -0.4 is 15.6 Å². The van der Waals surface area contributed by atoms with Crippen molar-refractivity contribution < 1.29 is 9.53 Å². The number of methoxy groups -OCH3 is 1. The highest BCUT2D eigenvalue weighted by Gasteiger charge is 2.05. The van der Waals surface area contributed by atoms with E-state index in [2.05, 4.69) is 15.3 Å². The van der Waals surface area contributed by atoms with E-state index in [1.807, 2.05) is 0 Å². The van der Waals surface area contributed by atoms with Crippen molar-refractivity contribution in [2.24, 2.45) is 0 Å². The van der Waals surface area contributed by atoms with E-state index in [9.17, 15) is 9.59 Å². The summed E-state index contributed by atoms with van der Waals surface area (Å²) in [6.07, 6.45) is 1.40. The highest BCUT2D eigenvalue weighted by molar-refractivity contribution is 7.99. The summed E-state index contributed by atoms with van der Waals surface area (Å²) in [6.45, 7) is 0. The Hall–Kier alpha value is -2.28. The lowest BCUT2D eigenvalue weighted by Gasteiger charge is -2.06. The van der Waals surface area contributed by atoms with Crippen molar-refractivity contribution in [1.29, 1.82) is 0 Å². The predicted molar refractivity (Wildman–Crippen MR) is 77.2 cm³/mol. The molecule has 0 unspecified atom stereocenters. The quantitative estimate of drug-likeness (QED) is 0.644. The Labute approximate surface area is 119 Å². The van der Waals surface area contributed by atoms with Crippen molar-refractivity contribution in [3.63, 3.8) is 0 Å². The summed E-state index contributed by atoms with van der Waals surface area (Å²) in [5.74, 6) is 0.642. The summed E-state index contributed by atoms with van der Waals surface area (Å²) in [4.78, 5) is 29.3. The number of hydrogen-bond donors (Lipinski definition) is 2. The Kier molecular flexibility index (Phi) is 4.78. The molecule has 104 valence electrons. The first-order chi connectivity index (χ1) is 9.67. The zero-order chi connectivity index (χ0) is 14.4. The van der Waals surface area contributed by atoms with Crippen LogP contribution in [-0.2, 0) is 4.79 Å². The molecular formula is C13H13N3O3S. The Morgan fingerprint density at radius 1 is 1.45 bits per heavy atom. The molecule has 20 heavy (non-hydrogen) atoms. The number of rotatable bonds is 5. The summed E-state index contributed by atoms with van der Waals surface area (Å²) < 4.78 is 5.07. The molecule has 6 nitrogen and oxygen atoms in total. The van der Waals surface area contributed by atoms with Gasteiger partial charge in [0.05, 0.1) is 12.9 Å². The third-order valence-electron chi connectivity index (χ3n) is 2.34. The molecule has 0 radical (unpaired) electrons. The summed E-state index contributed by atoms with van der Waals surface area (Å²) in [7, 11) is 1.56. The summed E-state index contributed by atoms with van der Waals surface area (Å²) in [5, 5.41) is 3.16. The van der Waals surface area contributed by atoms with Crippen molar-refractivity contribution in [1.82, 2.24) is 9.97 Å². The molecule has 0 atom stereocenters. The van der Waals surface area contributed by atoms with Crippen LogP contribution in [0.3, 0.4) is 0 Å². The van der Waals surface area contributed by atoms with Gasteiger partial charge < -0.3 is 15.0 Å². The molecule has 0 bridgehead atoms. The number of hydrogen-bond acceptors (Lipinski definition) is 5. The molecule has 1 amide bonds. The van der Waals surface area contributed by atoms with E-state index in [0.29, 0.717) is 16.6 Å². The molecule has 1 aromatic carbocycles. The van der Waals surface area contributed by atoms with E-state index in [1.165, 1.54) is 12.3 Å². The number of anilines is 1. The number of aromatic nitrogens is 2. The molecule has 0 fully saturated rings. The van der Waals surface area contributed by atoms with Crippen LogP contribution in [-0.4, -0.2) is 28.7 Å². The normalized spacial score (nSPS) is 10.1. The minimum atomic E-state index is -0.240. The zero-order valence-electron chi connectivity index (χ0n) is 10.8. The van der Waals surface area contributed by atoms with Crippen molar-refractivity contribution in [2.45, 2.75) is 5.16 Å². The van der Waals surface area contributed by atoms with Crippen LogP contribution in [0.5, 0.6) is 5.75 Å². The van der Waals surface area contributed by atoms with Crippen molar-refractivity contribution in [2.75, 3.05) is 18.2 Å². The number of amides is 1. The van der Waals surface area contributed by atoms with Crippen LogP contribution in [0.1, 0.15) is 0 Å². The average molecular weight is 291 g/mol. The number of nitrogens with zero attached hydrogens (tertiary/aromatic N) is 1. The maximum absolute atomic E-state index is 11.8. The third-order valence-corrected chi connectivity index (χ3v) is 3.23. The van der Waals surface area contributed by atoms with Gasteiger partial charge in [0.2, 0.25) is 5.91 Å². The molecule has 1 aromatic heterocycles. The van der Waals surface area contributed by atoms with Gasteiger partial charge in [-0.05, 0) is 12.1 Å². The fourth-order valence-corrected chi connectivity index (χ4v) is 2.11. The SMILES string of the molecule is COc1cccc(NC(=O)CSc2nccc(=O)[nH]2)c1. The highest BCUT2D eigenvalue weighted by Crippen LogP contribution is 2.17. The first-order valence-corrected chi connectivity index (χ1v) is 6.78. The number of thioether (sulfide) groups is 1. The van der Waals surface area contributed by atoms with E-state index in [4.69, 9.17) is 4.74 Å². The minimum absolute atomic E-state index is 0.157. The Morgan fingerprint density at radius 2 is 2.30 bits per heavy atom. The van der Waals surface area contributed by atoms with Gasteiger partial charge in [-0.15, -0.1) is 0 Å². The lowest BCUT2D eigenvalue weighted by Crippen LogP contribution is -2.15. The monoisotopic (exact) mass is 291 g/mol. The van der Waals surface area contributed by atoms with E-state index < -0.39 is 0 Å². The molecule has 7 heteroatoms. The first kappa shape index (κ1) is 14.1. The van der Waals surface area contributed by atoms with Gasteiger partial charge in [-0.1, -0.05) is 17.8 Å². The van der Waals surface area contributed by atoms with Crippen LogP contribution in [0.4, 0.5) is 5.69 Å². The standard InChI is InChI=1S/C13H13N3O3S/c1-19-10-4-2-3-9(7-10)15-12(18)8-20-13-14-6-5-11(17)16-13/h2-7H,8H2,1H3,(H,15,18)(H,14,16,17). The number of H-pyrrole nitrogens is 1. The molecule has 2 N–H and O–H groups in total. The molecule has 0 aliphatic heterocycles. The van der Waals surface area contributed by atoms with Gasteiger partial charge in [-0.3, -0.25) is 9.59 Å². The van der Waals surface area contributed by atoms with Gasteiger partial charge >= 0.3 is 0 Å². The van der Waals surface area contributed by atoms with Gasteiger partial charge in [0.1, 0.15) is 5.75 Å². The average Bonchev–Trinajstić information content (AvgIpc) is 2.45. The maximum Gasteiger partial charge on any atom is 0.251 e. The molecule has 2 aromatic rings. The first-order valence-electron chi connectivity index (χ1n) is 5.79. The Morgan fingerprint density at radius 3 is 3.05 bits per heavy atom. The predicted octanol–water partition coefficient (Wildman–Crippen LogP) is 1.51. The number of aromatic amines is 1. The van der Waals surface area contributed by atoms with E-state index in [-0.39, 0.29) is 17.2 Å². The lowest BCUT2D eigenvalue weighted by atomic mass is 10.3. The molecule has 0 aliphatic rings. The highest BCUT2D eigenvalue weighted by atomic mass is 32.2. The summed E-state index contributed by atoms with van der Waals surface area (Å²) in [6, 6.07) is 8.40. The molecular weight excluding hydrogens is 278 g/mol. The van der Waals surface area contributed by atoms with E-state index >= 15 is 0 Å². The smallest absolute Gasteiger partial charge is 0.251 e. The van der Waals surface area contributed by atoms with Gasteiger partial charge in [0.15, 0.2) is 5.16 Å². The maximum atomic E-state index is 11.8. The molecule has 0 spiro atoms. The largest absolute Gasteiger partial charge is 0.497 e. The number of ether oxygens (including phenoxy) is 1. The van der Waals surface area contributed by atoms with E-state index in [0.717, 1.165) is 11.8 Å². The van der Waals surface area contributed by atoms with Gasteiger partial charge in [-0.2, -0.15) is 0 Å². The number of nitrogens with one attached hydrogen (secondary N) is 2. The van der Waals surface area contributed by atoms with Crippen molar-refractivity contribution in [3.8, 4) is 5.75 Å². The summed E-state index contributed by atoms with van der Waals surface area (Å²) in [5.41, 5.74) is 0.417. The van der Waals surface area contributed by atoms with Crippen LogP contribution in [0, 0.1) is 0 Å². The lowest BCUT2D eigenvalue weighted by molar-refractivity contribution is -0.113. The fraction of sp³-hybridized carbons (Fsp3) is 0.154. The fourth-order valence-electron chi connectivity index (χ4n) is 1.46. The van der Waals surface area contributed by atoms with Crippen LogP contribution in [0.15, 0.2) is 46.5 Å². The third kappa shape index (κ3) is 4.13. The second kappa shape index (κ2) is 6.76. The Bertz CT molecular complexity index is 657. The second-order valence-electron chi connectivity index (χ2n) is 3.81. The van der Waals surface area contributed by atoms with E-state index in [1.54, 1.807) is 31.4 Å². The van der Waals surface area contributed by atoms with Crippen molar-refractivity contribution in [3.05, 3.63) is 46.9 Å². The molecule has 2 rings (SSSR count). The topological polar surface area (TPSA) is 84.1 Å². The second-order valence-corrected chi connectivity index (χ2v) is 4.77. The van der Waals surface area contributed by atoms with Gasteiger partial charge in [-0.25, -0.2) is 4.98 Å².